The molecule has 0 aliphatic carbocycles. The van der Waals surface area contributed by atoms with Crippen molar-refractivity contribution in [2.24, 2.45) is 10.2 Å². The van der Waals surface area contributed by atoms with Crippen molar-refractivity contribution in [2.75, 3.05) is 17.2 Å². The molecule has 2 aromatic rings. The average Bonchev–Trinajstić information content (AvgIpc) is 3.03. The van der Waals surface area contributed by atoms with Gasteiger partial charge in [0, 0.05) is 18.0 Å². The number of para-hydroxylation sites is 1. The number of amides is 2. The normalized spacial score (nSPS) is 16.8. The summed E-state index contributed by atoms with van der Waals surface area (Å²) in [6, 6.07) is 16.4. The van der Waals surface area contributed by atoms with Crippen molar-refractivity contribution in [3.8, 4) is 0 Å². The third-order valence-electron chi connectivity index (χ3n) is 4.92. The molecule has 1 unspecified atom stereocenters. The lowest BCUT2D eigenvalue weighted by Crippen LogP contribution is -2.44. The highest BCUT2D eigenvalue weighted by Crippen LogP contribution is 2.27. The summed E-state index contributed by atoms with van der Waals surface area (Å²) < 4.78 is 0. The third kappa shape index (κ3) is 3.49. The molecule has 1 atom stereocenters. The minimum absolute atomic E-state index is 0.279. The summed E-state index contributed by atoms with van der Waals surface area (Å²) in [7, 11) is 0. The van der Waals surface area contributed by atoms with Crippen molar-refractivity contribution in [3.63, 3.8) is 0 Å². The van der Waals surface area contributed by atoms with Crippen LogP contribution >= 0.6 is 11.8 Å². The summed E-state index contributed by atoms with van der Waals surface area (Å²) in [4.78, 5) is 28.8. The number of thioether (sulfide) groups is 1. The summed E-state index contributed by atoms with van der Waals surface area (Å²) in [6.45, 7) is 6.25. The van der Waals surface area contributed by atoms with E-state index in [0.29, 0.717) is 29.1 Å². The van der Waals surface area contributed by atoms with E-state index in [1.54, 1.807) is 24.3 Å². The van der Waals surface area contributed by atoms with Gasteiger partial charge in [0.25, 0.3) is 11.8 Å². The molecule has 0 spiro atoms. The minimum Gasteiger partial charge on any atom is -0.316 e. The number of rotatable bonds is 5. The van der Waals surface area contributed by atoms with Gasteiger partial charge in [0.1, 0.15) is 0 Å². The van der Waals surface area contributed by atoms with E-state index in [1.165, 1.54) is 16.7 Å². The van der Waals surface area contributed by atoms with Crippen molar-refractivity contribution in [3.05, 3.63) is 78.4 Å². The first kappa shape index (κ1) is 19.1. The molecule has 0 aromatic heterocycles. The number of hydrogen-bond donors (Lipinski definition) is 0. The summed E-state index contributed by atoms with van der Waals surface area (Å²) in [5.41, 5.74) is 2.59. The zero-order valence-corrected chi connectivity index (χ0v) is 16.8. The number of anilines is 1. The van der Waals surface area contributed by atoms with Crippen LogP contribution in [0.1, 0.15) is 27.6 Å². The van der Waals surface area contributed by atoms with Crippen molar-refractivity contribution in [1.82, 2.24) is 4.90 Å². The van der Waals surface area contributed by atoms with Gasteiger partial charge in [0.2, 0.25) is 0 Å². The number of nitrogens with zero attached hydrogens (tertiary/aromatic N) is 4. The van der Waals surface area contributed by atoms with E-state index in [9.17, 15) is 9.59 Å². The lowest BCUT2D eigenvalue weighted by molar-refractivity contribution is 0.0634. The molecule has 4 rings (SSSR count). The maximum Gasteiger partial charge on any atom is 0.262 e. The molecule has 0 radical (unpaired) electrons. The van der Waals surface area contributed by atoms with E-state index in [1.807, 2.05) is 48.2 Å². The van der Waals surface area contributed by atoms with Crippen LogP contribution in [0.5, 0.6) is 0 Å². The molecule has 0 saturated carbocycles. The van der Waals surface area contributed by atoms with E-state index < -0.39 is 6.04 Å². The fourth-order valence-corrected chi connectivity index (χ4v) is 4.39. The van der Waals surface area contributed by atoms with Crippen LogP contribution in [0.15, 0.2) is 77.5 Å². The number of imide groups is 1. The molecule has 29 heavy (non-hydrogen) atoms. The molecule has 2 aliphatic rings. The Morgan fingerprint density at radius 1 is 1.07 bits per heavy atom. The number of carbonyl (C=O) groups excluding carboxylic acids is 2. The van der Waals surface area contributed by atoms with Crippen molar-refractivity contribution in [2.45, 2.75) is 13.0 Å². The molecule has 0 N–H and O–H groups in total. The molecule has 6 nitrogen and oxygen atoms in total. The van der Waals surface area contributed by atoms with Crippen LogP contribution < -0.4 is 4.90 Å². The Kier molecular flexibility index (Phi) is 5.31. The van der Waals surface area contributed by atoms with Crippen LogP contribution in [0.4, 0.5) is 5.69 Å². The molecule has 7 heteroatoms. The standard InChI is InChI=1S/C22H20N4O2S/c1-3-13-25(16-9-5-4-6-10-16)22-24-23-19(14-29-22)15(2)26-20(27)17-11-7-8-12-18(17)21(26)28/h3-12,15H,1,13-14H2,2H3. The molecule has 2 aromatic carbocycles. The van der Waals surface area contributed by atoms with Crippen molar-refractivity contribution < 1.29 is 9.59 Å². The summed E-state index contributed by atoms with van der Waals surface area (Å²) >= 11 is 1.54. The average molecular weight is 404 g/mol. The topological polar surface area (TPSA) is 65.3 Å². The zero-order chi connectivity index (χ0) is 20.4. The highest BCUT2D eigenvalue weighted by atomic mass is 32.2. The van der Waals surface area contributed by atoms with E-state index >= 15 is 0 Å². The first-order valence-corrected chi connectivity index (χ1v) is 10.3. The Morgan fingerprint density at radius 3 is 2.24 bits per heavy atom. The number of fused-ring (bicyclic) bond motifs is 1. The smallest absolute Gasteiger partial charge is 0.262 e. The Labute approximate surface area is 173 Å². The molecule has 0 bridgehead atoms. The Balaban J connectivity index is 1.58. The van der Waals surface area contributed by atoms with E-state index in [2.05, 4.69) is 16.8 Å². The predicted octanol–water partition coefficient (Wildman–Crippen LogP) is 3.82. The third-order valence-corrected chi connectivity index (χ3v) is 5.92. The van der Waals surface area contributed by atoms with Gasteiger partial charge in [-0.3, -0.25) is 14.5 Å². The molecule has 2 heterocycles. The van der Waals surface area contributed by atoms with Crippen LogP contribution in [-0.2, 0) is 0 Å². The van der Waals surface area contributed by atoms with Gasteiger partial charge in [-0.15, -0.1) is 11.7 Å². The highest BCUT2D eigenvalue weighted by molar-refractivity contribution is 8.14. The van der Waals surface area contributed by atoms with Crippen molar-refractivity contribution in [1.29, 1.82) is 0 Å². The molecular formula is C22H20N4O2S. The van der Waals surface area contributed by atoms with Gasteiger partial charge >= 0.3 is 0 Å². The molecule has 0 saturated heterocycles. The second kappa shape index (κ2) is 8.05. The quantitative estimate of drug-likeness (QED) is 0.561. The van der Waals surface area contributed by atoms with E-state index in [4.69, 9.17) is 0 Å². The van der Waals surface area contributed by atoms with Crippen LogP contribution in [0.25, 0.3) is 0 Å². The lowest BCUT2D eigenvalue weighted by Gasteiger charge is -2.28. The van der Waals surface area contributed by atoms with Crippen molar-refractivity contribution >= 4 is 40.1 Å². The van der Waals surface area contributed by atoms with E-state index in [-0.39, 0.29) is 11.8 Å². The summed E-state index contributed by atoms with van der Waals surface area (Å²) in [5, 5.41) is 9.53. The van der Waals surface area contributed by atoms with E-state index in [0.717, 1.165) is 10.9 Å². The SMILES string of the molecule is C=CCN(C1=NN=C(C(C)N2C(=O)c3ccccc3C2=O)CS1)c1ccccc1. The minimum atomic E-state index is -0.454. The van der Waals surface area contributed by atoms with Gasteiger partial charge in [-0.05, 0) is 31.2 Å². The van der Waals surface area contributed by atoms with Crippen LogP contribution in [-0.4, -0.2) is 45.9 Å². The van der Waals surface area contributed by atoms with Crippen LogP contribution in [0.2, 0.25) is 0 Å². The number of amidine groups is 1. The van der Waals surface area contributed by atoms with Gasteiger partial charge in [0.15, 0.2) is 5.17 Å². The maximum atomic E-state index is 12.7. The van der Waals surface area contributed by atoms with Crippen LogP contribution in [0, 0.1) is 0 Å². The predicted molar refractivity (Wildman–Crippen MR) is 118 cm³/mol. The Morgan fingerprint density at radius 2 is 1.69 bits per heavy atom. The zero-order valence-electron chi connectivity index (χ0n) is 16.0. The molecule has 2 aliphatic heterocycles. The maximum absolute atomic E-state index is 12.7. The number of carbonyl (C=O) groups is 2. The monoisotopic (exact) mass is 404 g/mol. The fourth-order valence-electron chi connectivity index (χ4n) is 3.38. The van der Waals surface area contributed by atoms with Gasteiger partial charge < -0.3 is 4.90 Å². The highest BCUT2D eigenvalue weighted by Gasteiger charge is 2.40. The first-order chi connectivity index (χ1) is 14.1. The first-order valence-electron chi connectivity index (χ1n) is 9.29. The molecule has 2 amide bonds. The Hall–Kier alpha value is -3.19. The van der Waals surface area contributed by atoms with Gasteiger partial charge in [-0.25, -0.2) is 0 Å². The largest absolute Gasteiger partial charge is 0.316 e. The van der Waals surface area contributed by atoms with Gasteiger partial charge in [0.05, 0.1) is 22.9 Å². The second-order valence-electron chi connectivity index (χ2n) is 6.70. The fraction of sp³-hybridized carbons (Fsp3) is 0.182. The second-order valence-corrected chi connectivity index (χ2v) is 7.64. The lowest BCUT2D eigenvalue weighted by atomic mass is 10.1. The number of benzene rings is 2. The molecule has 0 fully saturated rings. The van der Waals surface area contributed by atoms with Gasteiger partial charge in [-0.2, -0.15) is 5.10 Å². The van der Waals surface area contributed by atoms with Gasteiger partial charge in [-0.1, -0.05) is 48.2 Å². The van der Waals surface area contributed by atoms with Crippen LogP contribution in [0.3, 0.4) is 0 Å². The Bertz CT molecular complexity index is 997. The molecule has 146 valence electrons. The molecular weight excluding hydrogens is 384 g/mol. The summed E-state index contributed by atoms with van der Waals surface area (Å²) in [5.74, 6) is -0.00950. The summed E-state index contributed by atoms with van der Waals surface area (Å²) in [6.07, 6.45) is 1.82. The number of hydrogen-bond acceptors (Lipinski definition) is 6.